The van der Waals surface area contributed by atoms with Gasteiger partial charge in [0.15, 0.2) is 0 Å². The molecule has 2 aromatic carbocycles. The third kappa shape index (κ3) is 5.80. The van der Waals surface area contributed by atoms with Crippen LogP contribution in [-0.4, -0.2) is 18.5 Å². The minimum Gasteiger partial charge on any atom is -0.376 e. The predicted octanol–water partition coefficient (Wildman–Crippen LogP) is 3.45. The van der Waals surface area contributed by atoms with Crippen molar-refractivity contribution in [1.82, 2.24) is 10.6 Å². The maximum Gasteiger partial charge on any atom is 0.416 e. The van der Waals surface area contributed by atoms with E-state index in [1.165, 1.54) is 19.1 Å². The molecule has 5 nitrogen and oxygen atoms in total. The zero-order valence-corrected chi connectivity index (χ0v) is 14.0. The second-order valence-corrected chi connectivity index (χ2v) is 5.60. The summed E-state index contributed by atoms with van der Waals surface area (Å²) in [5, 5.41) is 7.19. The van der Waals surface area contributed by atoms with Gasteiger partial charge in [0.05, 0.1) is 12.1 Å². The number of carbonyl (C=O) groups is 2. The Kier molecular flexibility index (Phi) is 6.21. The molecule has 0 atom stereocenters. The lowest BCUT2D eigenvalue weighted by atomic mass is 10.1. The van der Waals surface area contributed by atoms with E-state index >= 15 is 0 Å². The second-order valence-electron chi connectivity index (χ2n) is 5.60. The first-order valence-corrected chi connectivity index (χ1v) is 7.79. The zero-order chi connectivity index (χ0) is 19.2. The second kappa shape index (κ2) is 8.37. The monoisotopic (exact) mass is 365 g/mol. The maximum atomic E-state index is 12.9. The van der Waals surface area contributed by atoms with E-state index in [0.717, 1.165) is 11.6 Å². The smallest absolute Gasteiger partial charge is 0.376 e. The van der Waals surface area contributed by atoms with E-state index in [1.807, 2.05) is 30.3 Å². The summed E-state index contributed by atoms with van der Waals surface area (Å²) in [7, 11) is 0. The number of carbonyl (C=O) groups excluding carboxylic acids is 2. The molecular formula is C18H18F3N3O2. The minimum atomic E-state index is -4.47. The van der Waals surface area contributed by atoms with Crippen molar-refractivity contribution in [3.05, 3.63) is 65.2 Å². The number of hydrogen-bond donors (Lipinski definition) is 3. The molecule has 0 saturated heterocycles. The number of nitrogens with one attached hydrogen (secondary N) is 3. The number of rotatable bonds is 5. The molecule has 0 bridgehead atoms. The molecule has 138 valence electrons. The van der Waals surface area contributed by atoms with E-state index in [2.05, 4.69) is 16.0 Å². The van der Waals surface area contributed by atoms with Crippen molar-refractivity contribution in [2.24, 2.45) is 0 Å². The molecule has 0 aliphatic carbocycles. The van der Waals surface area contributed by atoms with Gasteiger partial charge in [0, 0.05) is 12.2 Å². The van der Waals surface area contributed by atoms with E-state index in [1.54, 1.807) is 0 Å². The Morgan fingerprint density at radius 2 is 1.73 bits per heavy atom. The molecule has 3 N–H and O–H groups in total. The fourth-order valence-electron chi connectivity index (χ4n) is 2.21. The van der Waals surface area contributed by atoms with Crippen LogP contribution in [0.1, 0.15) is 16.7 Å². The molecule has 2 aromatic rings. The highest BCUT2D eigenvalue weighted by Gasteiger charge is 2.32. The van der Waals surface area contributed by atoms with Gasteiger partial charge in [-0.15, -0.1) is 0 Å². The summed E-state index contributed by atoms with van der Waals surface area (Å²) >= 11 is 0. The van der Waals surface area contributed by atoms with Gasteiger partial charge >= 0.3 is 12.2 Å². The number of amides is 3. The molecule has 3 amide bonds. The van der Waals surface area contributed by atoms with Gasteiger partial charge in [-0.1, -0.05) is 36.4 Å². The van der Waals surface area contributed by atoms with E-state index in [-0.39, 0.29) is 24.3 Å². The van der Waals surface area contributed by atoms with Gasteiger partial charge in [-0.25, -0.2) is 4.79 Å². The predicted molar refractivity (Wildman–Crippen MR) is 91.5 cm³/mol. The third-order valence-corrected chi connectivity index (χ3v) is 3.54. The van der Waals surface area contributed by atoms with Crippen molar-refractivity contribution in [1.29, 1.82) is 0 Å². The Hall–Kier alpha value is -3.03. The molecule has 8 heteroatoms. The maximum absolute atomic E-state index is 12.9. The standard InChI is InChI=1S/C18H18F3N3O2/c1-12-7-8-14(9-15(12)18(19,20)21)22-11-16(25)24-17(26)23-10-13-5-3-2-4-6-13/h2-9,22H,10-11H2,1H3,(H2,23,24,25,26). The van der Waals surface area contributed by atoms with E-state index < -0.39 is 23.7 Å². The lowest BCUT2D eigenvalue weighted by Crippen LogP contribution is -2.41. The molecule has 0 heterocycles. The van der Waals surface area contributed by atoms with Crippen molar-refractivity contribution in [2.75, 3.05) is 11.9 Å². The first kappa shape index (κ1) is 19.3. The number of aryl methyl sites for hydroxylation is 1. The van der Waals surface area contributed by atoms with Crippen LogP contribution in [0.3, 0.4) is 0 Å². The lowest BCUT2D eigenvalue weighted by molar-refractivity contribution is -0.138. The van der Waals surface area contributed by atoms with E-state index in [9.17, 15) is 22.8 Å². The molecule has 0 aliphatic heterocycles. The topological polar surface area (TPSA) is 70.2 Å². The molecule has 26 heavy (non-hydrogen) atoms. The highest BCUT2D eigenvalue weighted by Crippen LogP contribution is 2.33. The van der Waals surface area contributed by atoms with Gasteiger partial charge in [0.2, 0.25) is 5.91 Å². The van der Waals surface area contributed by atoms with Crippen LogP contribution < -0.4 is 16.0 Å². The fraction of sp³-hybridized carbons (Fsp3) is 0.222. The van der Waals surface area contributed by atoms with Crippen molar-refractivity contribution in [3.8, 4) is 0 Å². The highest BCUT2D eigenvalue weighted by molar-refractivity contribution is 5.96. The SMILES string of the molecule is Cc1ccc(NCC(=O)NC(=O)NCc2ccccc2)cc1C(F)(F)F. The van der Waals surface area contributed by atoms with Crippen LogP contribution in [0, 0.1) is 6.92 Å². The first-order chi connectivity index (χ1) is 12.3. The van der Waals surface area contributed by atoms with Crippen molar-refractivity contribution in [2.45, 2.75) is 19.6 Å². The summed E-state index contributed by atoms with van der Waals surface area (Å²) in [4.78, 5) is 23.4. The van der Waals surface area contributed by atoms with Crippen LogP contribution in [-0.2, 0) is 17.5 Å². The number of benzene rings is 2. The summed E-state index contributed by atoms with van der Waals surface area (Å²) in [5.41, 5.74) is 0.326. The van der Waals surface area contributed by atoms with Gasteiger partial charge < -0.3 is 10.6 Å². The van der Waals surface area contributed by atoms with Crippen LogP contribution in [0.25, 0.3) is 0 Å². The molecule has 0 radical (unpaired) electrons. The molecule has 0 aliphatic rings. The third-order valence-electron chi connectivity index (χ3n) is 3.54. The normalized spacial score (nSPS) is 10.9. The van der Waals surface area contributed by atoms with Crippen LogP contribution in [0.4, 0.5) is 23.7 Å². The molecule has 2 rings (SSSR count). The quantitative estimate of drug-likeness (QED) is 0.760. The van der Waals surface area contributed by atoms with Gasteiger partial charge in [-0.2, -0.15) is 13.2 Å². The summed E-state index contributed by atoms with van der Waals surface area (Å²) in [6, 6.07) is 12.1. The van der Waals surface area contributed by atoms with Crippen molar-refractivity contribution >= 4 is 17.6 Å². The Bertz CT molecular complexity index is 777. The average Bonchev–Trinajstić information content (AvgIpc) is 2.59. The summed E-state index contributed by atoms with van der Waals surface area (Å²) in [6.45, 7) is 1.27. The summed E-state index contributed by atoms with van der Waals surface area (Å²) in [6.07, 6.45) is -4.47. The van der Waals surface area contributed by atoms with Crippen molar-refractivity contribution in [3.63, 3.8) is 0 Å². The molecule has 0 saturated carbocycles. The summed E-state index contributed by atoms with van der Waals surface area (Å²) in [5.74, 6) is -0.662. The number of imide groups is 1. The first-order valence-electron chi connectivity index (χ1n) is 7.79. The zero-order valence-electron chi connectivity index (χ0n) is 14.0. The average molecular weight is 365 g/mol. The van der Waals surface area contributed by atoms with E-state index in [4.69, 9.17) is 0 Å². The highest BCUT2D eigenvalue weighted by atomic mass is 19.4. The summed E-state index contributed by atoms with van der Waals surface area (Å²) < 4.78 is 38.6. The number of hydrogen-bond acceptors (Lipinski definition) is 3. The van der Waals surface area contributed by atoms with E-state index in [0.29, 0.717) is 0 Å². The molecule has 0 aromatic heterocycles. The Labute approximate surface area is 148 Å². The fourth-order valence-corrected chi connectivity index (χ4v) is 2.21. The molecular weight excluding hydrogens is 347 g/mol. The number of urea groups is 1. The lowest BCUT2D eigenvalue weighted by Gasteiger charge is -2.13. The Morgan fingerprint density at radius 1 is 1.04 bits per heavy atom. The number of halogens is 3. The van der Waals surface area contributed by atoms with Crippen LogP contribution in [0.5, 0.6) is 0 Å². The van der Waals surface area contributed by atoms with Crippen LogP contribution >= 0.6 is 0 Å². The van der Waals surface area contributed by atoms with Gasteiger partial charge in [-0.05, 0) is 30.2 Å². The van der Waals surface area contributed by atoms with Crippen LogP contribution in [0.15, 0.2) is 48.5 Å². The minimum absolute atomic E-state index is 0.0905. The van der Waals surface area contributed by atoms with Crippen LogP contribution in [0.2, 0.25) is 0 Å². The largest absolute Gasteiger partial charge is 0.416 e. The van der Waals surface area contributed by atoms with Crippen molar-refractivity contribution < 1.29 is 22.8 Å². The molecule has 0 unspecified atom stereocenters. The number of anilines is 1. The molecule has 0 fully saturated rings. The molecule has 0 spiro atoms. The Morgan fingerprint density at radius 3 is 2.38 bits per heavy atom. The van der Waals surface area contributed by atoms with Gasteiger partial charge in [0.25, 0.3) is 0 Å². The van der Waals surface area contributed by atoms with Gasteiger partial charge in [0.1, 0.15) is 0 Å². The van der Waals surface area contributed by atoms with Gasteiger partial charge in [-0.3, -0.25) is 10.1 Å². The Balaban J connectivity index is 1.82. The number of alkyl halides is 3.